The monoisotopic (exact) mass is 305 g/mol. The van der Waals surface area contributed by atoms with Gasteiger partial charge < -0.3 is 10.4 Å². The summed E-state index contributed by atoms with van der Waals surface area (Å²) in [6, 6.07) is 15.1. The van der Waals surface area contributed by atoms with E-state index in [0.29, 0.717) is 0 Å². The fourth-order valence-electron chi connectivity index (χ4n) is 1.65. The van der Waals surface area contributed by atoms with Crippen LogP contribution in [0.4, 0.5) is 11.4 Å². The molecule has 3 nitrogen and oxygen atoms in total. The Morgan fingerprint density at radius 3 is 2.44 bits per heavy atom. The van der Waals surface area contributed by atoms with Gasteiger partial charge in [0.2, 0.25) is 0 Å². The van der Waals surface area contributed by atoms with E-state index in [2.05, 4.69) is 21.2 Å². The molecule has 0 unspecified atom stereocenters. The van der Waals surface area contributed by atoms with E-state index >= 15 is 0 Å². The molecular weight excluding hydrogens is 294 g/mol. The minimum Gasteiger partial charge on any atom is -0.481 e. The van der Waals surface area contributed by atoms with Gasteiger partial charge in [-0.1, -0.05) is 34.1 Å². The molecule has 0 aromatic heterocycles. The third kappa shape index (κ3) is 3.34. The zero-order valence-corrected chi connectivity index (χ0v) is 11.1. The average molecular weight is 306 g/mol. The van der Waals surface area contributed by atoms with Gasteiger partial charge in [0.05, 0.1) is 6.42 Å². The fourth-order valence-corrected chi connectivity index (χ4v) is 1.91. The van der Waals surface area contributed by atoms with Crippen LogP contribution in [0.2, 0.25) is 0 Å². The second-order valence-corrected chi connectivity index (χ2v) is 4.78. The summed E-state index contributed by atoms with van der Waals surface area (Å²) in [7, 11) is 0. The Bertz CT molecular complexity index is 552. The van der Waals surface area contributed by atoms with Crippen LogP contribution in [-0.4, -0.2) is 11.1 Å². The van der Waals surface area contributed by atoms with Crippen molar-refractivity contribution in [2.45, 2.75) is 6.42 Å². The minimum atomic E-state index is -0.833. The highest BCUT2D eigenvalue weighted by Gasteiger charge is 2.06. The highest BCUT2D eigenvalue weighted by molar-refractivity contribution is 9.10. The van der Waals surface area contributed by atoms with Crippen LogP contribution in [-0.2, 0) is 11.2 Å². The van der Waals surface area contributed by atoms with Gasteiger partial charge in [-0.3, -0.25) is 4.79 Å². The van der Waals surface area contributed by atoms with Gasteiger partial charge in [-0.25, -0.2) is 0 Å². The number of hydrogen-bond acceptors (Lipinski definition) is 2. The molecule has 2 aromatic rings. The number of halogens is 1. The van der Waals surface area contributed by atoms with E-state index in [9.17, 15) is 4.79 Å². The van der Waals surface area contributed by atoms with Crippen LogP contribution in [0.5, 0.6) is 0 Å². The molecule has 0 saturated carbocycles. The number of rotatable bonds is 4. The quantitative estimate of drug-likeness (QED) is 0.903. The Hall–Kier alpha value is -1.81. The molecule has 0 saturated heterocycles. The molecule has 0 spiro atoms. The number of anilines is 2. The molecule has 2 rings (SSSR count). The van der Waals surface area contributed by atoms with Crippen molar-refractivity contribution in [3.8, 4) is 0 Å². The molecule has 2 aromatic carbocycles. The Balaban J connectivity index is 2.23. The molecule has 0 aliphatic heterocycles. The maximum atomic E-state index is 10.8. The van der Waals surface area contributed by atoms with Crippen molar-refractivity contribution < 1.29 is 9.90 Å². The number of hydrogen-bond donors (Lipinski definition) is 2. The van der Waals surface area contributed by atoms with Crippen molar-refractivity contribution in [1.29, 1.82) is 0 Å². The van der Waals surface area contributed by atoms with E-state index in [0.717, 1.165) is 21.4 Å². The summed E-state index contributed by atoms with van der Waals surface area (Å²) < 4.78 is 1.01. The summed E-state index contributed by atoms with van der Waals surface area (Å²) >= 11 is 3.37. The molecule has 0 bridgehead atoms. The van der Waals surface area contributed by atoms with Gasteiger partial charge in [0.15, 0.2) is 0 Å². The van der Waals surface area contributed by atoms with Gasteiger partial charge in [0.1, 0.15) is 0 Å². The largest absolute Gasteiger partial charge is 0.481 e. The average Bonchev–Trinajstić information content (AvgIpc) is 2.34. The molecule has 0 fully saturated rings. The van der Waals surface area contributed by atoms with Gasteiger partial charge in [-0.15, -0.1) is 0 Å². The lowest BCUT2D eigenvalue weighted by molar-refractivity contribution is -0.136. The zero-order chi connectivity index (χ0) is 13.0. The minimum absolute atomic E-state index is 0.0136. The number of nitrogens with one attached hydrogen (secondary N) is 1. The zero-order valence-electron chi connectivity index (χ0n) is 9.56. The van der Waals surface area contributed by atoms with Crippen LogP contribution in [0.25, 0.3) is 0 Å². The van der Waals surface area contributed by atoms with Crippen molar-refractivity contribution in [1.82, 2.24) is 0 Å². The lowest BCUT2D eigenvalue weighted by Crippen LogP contribution is -2.03. The topological polar surface area (TPSA) is 49.3 Å². The van der Waals surface area contributed by atoms with E-state index in [4.69, 9.17) is 5.11 Å². The number of benzene rings is 2. The van der Waals surface area contributed by atoms with Crippen LogP contribution >= 0.6 is 15.9 Å². The Morgan fingerprint density at radius 2 is 1.78 bits per heavy atom. The molecule has 92 valence electrons. The van der Waals surface area contributed by atoms with Crippen LogP contribution < -0.4 is 5.32 Å². The van der Waals surface area contributed by atoms with Gasteiger partial charge in [0, 0.05) is 15.8 Å². The molecule has 0 heterocycles. The molecule has 0 atom stereocenters. The van der Waals surface area contributed by atoms with Crippen molar-refractivity contribution in [2.24, 2.45) is 0 Å². The molecule has 0 aliphatic carbocycles. The second-order valence-electron chi connectivity index (χ2n) is 3.86. The second kappa shape index (κ2) is 5.69. The number of carbonyl (C=O) groups is 1. The van der Waals surface area contributed by atoms with Crippen LogP contribution in [0, 0.1) is 0 Å². The maximum absolute atomic E-state index is 10.8. The highest BCUT2D eigenvalue weighted by Crippen LogP contribution is 2.22. The predicted molar refractivity (Wildman–Crippen MR) is 75.2 cm³/mol. The van der Waals surface area contributed by atoms with E-state index < -0.39 is 5.97 Å². The molecule has 0 amide bonds. The van der Waals surface area contributed by atoms with Crippen molar-refractivity contribution in [3.05, 3.63) is 58.6 Å². The number of para-hydroxylation sites is 1. The Morgan fingerprint density at radius 1 is 1.11 bits per heavy atom. The van der Waals surface area contributed by atoms with Gasteiger partial charge >= 0.3 is 5.97 Å². The first-order valence-corrected chi connectivity index (χ1v) is 6.27. The maximum Gasteiger partial charge on any atom is 0.307 e. The van der Waals surface area contributed by atoms with Crippen LogP contribution in [0.1, 0.15) is 5.56 Å². The van der Waals surface area contributed by atoms with Crippen molar-refractivity contribution >= 4 is 33.3 Å². The molecule has 4 heteroatoms. The summed E-state index contributed by atoms with van der Waals surface area (Å²) in [5.41, 5.74) is 2.52. The standard InChI is InChI=1S/C14H12BrNO2/c15-11-5-7-12(8-6-11)16-13-4-2-1-3-10(13)9-14(17)18/h1-8,16H,9H2,(H,17,18). The van der Waals surface area contributed by atoms with E-state index in [1.54, 1.807) is 0 Å². The summed E-state index contributed by atoms with van der Waals surface area (Å²) in [6.07, 6.45) is 0.0136. The third-order valence-electron chi connectivity index (χ3n) is 2.48. The van der Waals surface area contributed by atoms with Crippen molar-refractivity contribution in [2.75, 3.05) is 5.32 Å². The first kappa shape index (κ1) is 12.6. The molecule has 0 aliphatic rings. The lowest BCUT2D eigenvalue weighted by atomic mass is 10.1. The molecule has 0 radical (unpaired) electrons. The third-order valence-corrected chi connectivity index (χ3v) is 3.01. The summed E-state index contributed by atoms with van der Waals surface area (Å²) in [5, 5.41) is 12.1. The highest BCUT2D eigenvalue weighted by atomic mass is 79.9. The predicted octanol–water partition coefficient (Wildman–Crippen LogP) is 3.82. The Kier molecular flexibility index (Phi) is 3.99. The summed E-state index contributed by atoms with van der Waals surface area (Å²) in [5.74, 6) is -0.833. The van der Waals surface area contributed by atoms with Gasteiger partial charge in [0.25, 0.3) is 0 Å². The van der Waals surface area contributed by atoms with Crippen molar-refractivity contribution in [3.63, 3.8) is 0 Å². The molecule has 18 heavy (non-hydrogen) atoms. The summed E-state index contributed by atoms with van der Waals surface area (Å²) in [4.78, 5) is 10.8. The smallest absolute Gasteiger partial charge is 0.307 e. The first-order chi connectivity index (χ1) is 8.65. The summed E-state index contributed by atoms with van der Waals surface area (Å²) in [6.45, 7) is 0. The molecule has 2 N–H and O–H groups in total. The number of aliphatic carboxylic acids is 1. The lowest BCUT2D eigenvalue weighted by Gasteiger charge is -2.10. The van der Waals surface area contributed by atoms with Crippen LogP contribution in [0.15, 0.2) is 53.0 Å². The normalized spacial score (nSPS) is 10.1. The van der Waals surface area contributed by atoms with Gasteiger partial charge in [-0.05, 0) is 35.9 Å². The van der Waals surface area contributed by atoms with Gasteiger partial charge in [-0.2, -0.15) is 0 Å². The SMILES string of the molecule is O=C(O)Cc1ccccc1Nc1ccc(Br)cc1. The Labute approximate surface area is 114 Å². The van der Waals surface area contributed by atoms with E-state index in [-0.39, 0.29) is 6.42 Å². The number of carboxylic acid groups (broad SMARTS) is 1. The molecular formula is C14H12BrNO2. The van der Waals surface area contributed by atoms with E-state index in [1.807, 2.05) is 48.5 Å². The first-order valence-electron chi connectivity index (χ1n) is 5.47. The van der Waals surface area contributed by atoms with E-state index in [1.165, 1.54) is 0 Å². The number of carboxylic acids is 1. The fraction of sp³-hybridized carbons (Fsp3) is 0.0714. The van der Waals surface area contributed by atoms with Crippen LogP contribution in [0.3, 0.4) is 0 Å².